The van der Waals surface area contributed by atoms with Gasteiger partial charge < -0.3 is 10.8 Å². The van der Waals surface area contributed by atoms with E-state index in [0.29, 0.717) is 6.07 Å². The number of aromatic hydroxyl groups is 1. The highest BCUT2D eigenvalue weighted by molar-refractivity contribution is 5.48. The number of nitro benzene ring substituents is 1. The van der Waals surface area contributed by atoms with Gasteiger partial charge in [-0.05, 0) is 11.6 Å². The molecule has 0 heterocycles. The fourth-order valence-electron chi connectivity index (χ4n) is 1.07. The molecule has 0 amide bonds. The molecule has 0 aliphatic heterocycles. The number of rotatable bonds is 2. The Morgan fingerprint density at radius 3 is 2.44 bits per heavy atom. The number of alkyl halides is 3. The molecule has 1 aromatic carbocycles. The van der Waals surface area contributed by atoms with Crippen LogP contribution in [-0.4, -0.2) is 16.2 Å². The SMILES string of the molecule is N[C@H](c1ccc(O)c([N+](=O)[O-])c1)C(F)(F)F. The van der Waals surface area contributed by atoms with Crippen LogP contribution in [0.15, 0.2) is 18.2 Å². The molecule has 0 aliphatic carbocycles. The summed E-state index contributed by atoms with van der Waals surface area (Å²) < 4.78 is 36.6. The van der Waals surface area contributed by atoms with Gasteiger partial charge in [-0.3, -0.25) is 10.1 Å². The molecule has 0 fully saturated rings. The molecule has 0 aromatic heterocycles. The summed E-state index contributed by atoms with van der Waals surface area (Å²) in [5.41, 5.74) is 3.58. The lowest BCUT2D eigenvalue weighted by atomic mass is 10.1. The maximum Gasteiger partial charge on any atom is 0.407 e. The second-order valence-electron chi connectivity index (χ2n) is 3.02. The Labute approximate surface area is 87.4 Å². The van der Waals surface area contributed by atoms with Crippen molar-refractivity contribution in [2.75, 3.05) is 0 Å². The molecule has 0 radical (unpaired) electrons. The lowest BCUT2D eigenvalue weighted by molar-refractivity contribution is -0.386. The van der Waals surface area contributed by atoms with Crippen LogP contribution in [-0.2, 0) is 0 Å². The zero-order valence-corrected chi connectivity index (χ0v) is 7.73. The van der Waals surface area contributed by atoms with E-state index in [0.717, 1.165) is 12.1 Å². The summed E-state index contributed by atoms with van der Waals surface area (Å²) in [5.74, 6) is -0.705. The zero-order chi connectivity index (χ0) is 12.5. The third kappa shape index (κ3) is 2.40. The minimum absolute atomic E-state index is 0.475. The molecule has 16 heavy (non-hydrogen) atoms. The Hall–Kier alpha value is -1.83. The Morgan fingerprint density at radius 2 is 2.00 bits per heavy atom. The van der Waals surface area contributed by atoms with Crippen molar-refractivity contribution in [3.8, 4) is 5.75 Å². The maximum atomic E-state index is 12.2. The van der Waals surface area contributed by atoms with Gasteiger partial charge in [0.2, 0.25) is 0 Å². The highest BCUT2D eigenvalue weighted by Crippen LogP contribution is 2.34. The summed E-state index contributed by atoms with van der Waals surface area (Å²) in [6, 6.07) is -0.0145. The normalized spacial score (nSPS) is 13.5. The minimum Gasteiger partial charge on any atom is -0.502 e. The molecule has 3 N–H and O–H groups in total. The molecule has 5 nitrogen and oxygen atoms in total. The van der Waals surface area contributed by atoms with Crippen molar-refractivity contribution in [1.29, 1.82) is 0 Å². The van der Waals surface area contributed by atoms with Crippen LogP contribution in [0.4, 0.5) is 18.9 Å². The lowest BCUT2D eigenvalue weighted by Crippen LogP contribution is -2.28. The van der Waals surface area contributed by atoms with Crippen LogP contribution in [0.25, 0.3) is 0 Å². The number of hydrogen-bond donors (Lipinski definition) is 2. The van der Waals surface area contributed by atoms with E-state index in [9.17, 15) is 23.3 Å². The van der Waals surface area contributed by atoms with Crippen LogP contribution < -0.4 is 5.73 Å². The van der Waals surface area contributed by atoms with Crippen LogP contribution in [0.2, 0.25) is 0 Å². The van der Waals surface area contributed by atoms with Gasteiger partial charge in [0.05, 0.1) is 4.92 Å². The first-order chi connectivity index (χ1) is 7.23. The average molecular weight is 236 g/mol. The Bertz CT molecular complexity index is 419. The van der Waals surface area contributed by atoms with Gasteiger partial charge in [0.25, 0.3) is 0 Å². The number of benzene rings is 1. The standard InChI is InChI=1S/C8H7F3N2O3/c9-8(10,11)7(12)4-1-2-6(14)5(3-4)13(15)16/h1-3,7,14H,12H2/t7-/m1/s1. The van der Waals surface area contributed by atoms with E-state index in [1.54, 1.807) is 0 Å². The van der Waals surface area contributed by atoms with Crippen molar-refractivity contribution in [2.24, 2.45) is 5.73 Å². The molecule has 0 saturated carbocycles. The Balaban J connectivity index is 3.18. The average Bonchev–Trinajstić information content (AvgIpc) is 2.15. The fraction of sp³-hybridized carbons (Fsp3) is 0.250. The topological polar surface area (TPSA) is 89.4 Å². The zero-order valence-electron chi connectivity index (χ0n) is 7.73. The second kappa shape index (κ2) is 3.97. The summed E-state index contributed by atoms with van der Waals surface area (Å²) in [6.45, 7) is 0. The monoisotopic (exact) mass is 236 g/mol. The Morgan fingerprint density at radius 1 is 1.44 bits per heavy atom. The molecule has 1 rings (SSSR count). The number of halogens is 3. The van der Waals surface area contributed by atoms with Crippen molar-refractivity contribution in [1.82, 2.24) is 0 Å². The smallest absolute Gasteiger partial charge is 0.407 e. The van der Waals surface area contributed by atoms with E-state index >= 15 is 0 Å². The number of nitrogens with zero attached hydrogens (tertiary/aromatic N) is 1. The highest BCUT2D eigenvalue weighted by atomic mass is 19.4. The lowest BCUT2D eigenvalue weighted by Gasteiger charge is -2.15. The molecule has 88 valence electrons. The third-order valence-corrected chi connectivity index (χ3v) is 1.91. The molecule has 1 atom stereocenters. The predicted molar refractivity (Wildman–Crippen MR) is 47.7 cm³/mol. The van der Waals surface area contributed by atoms with E-state index in [2.05, 4.69) is 0 Å². The molecular weight excluding hydrogens is 229 g/mol. The molecule has 0 aliphatic rings. The first-order valence-corrected chi connectivity index (χ1v) is 4.03. The van der Waals surface area contributed by atoms with Crippen molar-refractivity contribution < 1.29 is 23.2 Å². The summed E-state index contributed by atoms with van der Waals surface area (Å²) in [6.07, 6.45) is -4.69. The van der Waals surface area contributed by atoms with Gasteiger partial charge in [-0.25, -0.2) is 0 Å². The number of phenols is 1. The number of hydrogen-bond acceptors (Lipinski definition) is 4. The summed E-state index contributed by atoms with van der Waals surface area (Å²) in [5, 5.41) is 19.4. The van der Waals surface area contributed by atoms with Gasteiger partial charge >= 0.3 is 11.9 Å². The van der Waals surface area contributed by atoms with E-state index < -0.39 is 34.1 Å². The van der Waals surface area contributed by atoms with Gasteiger partial charge in [0.1, 0.15) is 6.04 Å². The van der Waals surface area contributed by atoms with Crippen LogP contribution in [0.5, 0.6) is 5.75 Å². The van der Waals surface area contributed by atoms with Gasteiger partial charge in [-0.2, -0.15) is 13.2 Å². The first-order valence-electron chi connectivity index (χ1n) is 4.03. The van der Waals surface area contributed by atoms with Crippen LogP contribution in [0, 0.1) is 10.1 Å². The van der Waals surface area contributed by atoms with Crippen LogP contribution in [0.3, 0.4) is 0 Å². The molecule has 1 aromatic rings. The fourth-order valence-corrected chi connectivity index (χ4v) is 1.07. The van der Waals surface area contributed by atoms with E-state index in [1.807, 2.05) is 0 Å². The summed E-state index contributed by atoms with van der Waals surface area (Å²) in [7, 11) is 0. The highest BCUT2D eigenvalue weighted by Gasteiger charge is 2.38. The van der Waals surface area contributed by atoms with Gasteiger partial charge in [-0.1, -0.05) is 6.07 Å². The van der Waals surface area contributed by atoms with Gasteiger partial charge in [0, 0.05) is 6.07 Å². The minimum atomic E-state index is -4.69. The van der Waals surface area contributed by atoms with Crippen molar-refractivity contribution >= 4 is 5.69 Å². The molecule has 8 heteroatoms. The number of nitro groups is 1. The third-order valence-electron chi connectivity index (χ3n) is 1.91. The molecule has 0 bridgehead atoms. The summed E-state index contributed by atoms with van der Waals surface area (Å²) >= 11 is 0. The quantitative estimate of drug-likeness (QED) is 0.605. The van der Waals surface area contributed by atoms with Gasteiger partial charge in [0.15, 0.2) is 5.75 Å². The van der Waals surface area contributed by atoms with E-state index in [1.165, 1.54) is 0 Å². The number of phenolic OH excluding ortho intramolecular Hbond substituents is 1. The van der Waals surface area contributed by atoms with Crippen molar-refractivity contribution in [3.05, 3.63) is 33.9 Å². The van der Waals surface area contributed by atoms with Gasteiger partial charge in [-0.15, -0.1) is 0 Å². The molecule has 0 unspecified atom stereocenters. The Kier molecular flexibility index (Phi) is 3.04. The number of nitrogens with two attached hydrogens (primary N) is 1. The van der Waals surface area contributed by atoms with E-state index in [4.69, 9.17) is 10.8 Å². The molecule has 0 spiro atoms. The first kappa shape index (κ1) is 12.2. The van der Waals surface area contributed by atoms with Crippen LogP contribution in [0.1, 0.15) is 11.6 Å². The predicted octanol–water partition coefficient (Wildman–Crippen LogP) is 1.86. The largest absolute Gasteiger partial charge is 0.502 e. The van der Waals surface area contributed by atoms with E-state index in [-0.39, 0.29) is 0 Å². The van der Waals surface area contributed by atoms with Crippen molar-refractivity contribution in [3.63, 3.8) is 0 Å². The molecule has 0 saturated heterocycles. The summed E-state index contributed by atoms with van der Waals surface area (Å²) in [4.78, 5) is 9.39. The van der Waals surface area contributed by atoms with Crippen LogP contribution >= 0.6 is 0 Å². The second-order valence-corrected chi connectivity index (χ2v) is 3.02. The van der Waals surface area contributed by atoms with Crippen molar-refractivity contribution in [2.45, 2.75) is 12.2 Å². The maximum absolute atomic E-state index is 12.2. The molecular formula is C8H7F3N2O3.